The van der Waals surface area contributed by atoms with Gasteiger partial charge in [0.25, 0.3) is 0 Å². The van der Waals surface area contributed by atoms with Crippen LogP contribution in [0.1, 0.15) is 11.1 Å². The normalized spacial score (nSPS) is 11.3. The molecule has 3 aromatic rings. The minimum atomic E-state index is -0.620. The third-order valence-electron chi connectivity index (χ3n) is 3.07. The second kappa shape index (κ2) is 5.49. The maximum atomic E-state index is 10.9. The predicted molar refractivity (Wildman–Crippen MR) is 84.2 cm³/mol. The smallest absolute Gasteiger partial charge is 0.311 e. The fourth-order valence-electron chi connectivity index (χ4n) is 2.06. The number of aromatic hydroxyl groups is 1. The Kier molecular flexibility index (Phi) is 3.51. The van der Waals surface area contributed by atoms with Crippen LogP contribution in [0.4, 0.5) is 11.4 Å². The summed E-state index contributed by atoms with van der Waals surface area (Å²) in [5.74, 6) is -0.400. The van der Waals surface area contributed by atoms with Gasteiger partial charge in [-0.1, -0.05) is 6.07 Å². The number of phenolic OH excluding ortho intramolecular Hbond substituents is 1. The molecule has 0 saturated heterocycles. The molecule has 1 aromatic heterocycles. The summed E-state index contributed by atoms with van der Waals surface area (Å²) in [4.78, 5) is 14.6. The van der Waals surface area contributed by atoms with Crippen molar-refractivity contribution < 1.29 is 10.0 Å². The zero-order valence-electron chi connectivity index (χ0n) is 11.4. The third kappa shape index (κ3) is 2.51. The van der Waals surface area contributed by atoms with E-state index in [0.29, 0.717) is 16.8 Å². The Morgan fingerprint density at radius 3 is 2.95 bits per heavy atom. The molecule has 0 aliphatic carbocycles. The lowest BCUT2D eigenvalue weighted by Crippen LogP contribution is -1.93. The van der Waals surface area contributed by atoms with Crippen LogP contribution in [0.2, 0.25) is 0 Å². The number of nitro groups is 1. The minimum Gasteiger partial charge on any atom is -0.502 e. The zero-order chi connectivity index (χ0) is 15.7. The van der Waals surface area contributed by atoms with E-state index in [1.54, 1.807) is 25.1 Å². The van der Waals surface area contributed by atoms with Gasteiger partial charge in [-0.05, 0) is 30.7 Å². The topological polar surface area (TPSA) is 102 Å². The largest absolute Gasteiger partial charge is 0.502 e. The molecule has 110 valence electrons. The van der Waals surface area contributed by atoms with Crippen molar-refractivity contribution in [3.8, 4) is 5.75 Å². The highest BCUT2D eigenvalue weighted by Crippen LogP contribution is 2.31. The Morgan fingerprint density at radius 1 is 1.36 bits per heavy atom. The van der Waals surface area contributed by atoms with Crippen molar-refractivity contribution in [2.75, 3.05) is 0 Å². The molecule has 3 rings (SSSR count). The van der Waals surface area contributed by atoms with Crippen LogP contribution in [0.3, 0.4) is 0 Å². The van der Waals surface area contributed by atoms with Gasteiger partial charge in [-0.25, -0.2) is 0 Å². The summed E-state index contributed by atoms with van der Waals surface area (Å²) in [7, 11) is 0. The number of phenols is 1. The third-order valence-corrected chi connectivity index (χ3v) is 3.61. The van der Waals surface area contributed by atoms with Crippen molar-refractivity contribution in [1.29, 1.82) is 0 Å². The highest BCUT2D eigenvalue weighted by molar-refractivity contribution is 7.00. The number of fused-ring (bicyclic) bond motifs is 1. The first-order chi connectivity index (χ1) is 10.6. The number of nitro benzene ring substituents is 1. The van der Waals surface area contributed by atoms with E-state index in [4.69, 9.17) is 0 Å². The molecular weight excluding hydrogens is 304 g/mol. The van der Waals surface area contributed by atoms with Crippen molar-refractivity contribution in [1.82, 2.24) is 8.75 Å². The molecule has 0 spiro atoms. The maximum absolute atomic E-state index is 10.9. The van der Waals surface area contributed by atoms with Crippen molar-refractivity contribution in [3.63, 3.8) is 0 Å². The quantitative estimate of drug-likeness (QED) is 0.453. The molecule has 0 amide bonds. The van der Waals surface area contributed by atoms with Gasteiger partial charge in [-0.15, -0.1) is 0 Å². The van der Waals surface area contributed by atoms with Crippen LogP contribution in [-0.2, 0) is 0 Å². The molecule has 1 N–H and O–H groups in total. The van der Waals surface area contributed by atoms with E-state index in [0.717, 1.165) is 17.2 Å². The van der Waals surface area contributed by atoms with Crippen LogP contribution in [0.25, 0.3) is 11.0 Å². The first-order valence-corrected chi connectivity index (χ1v) is 7.02. The summed E-state index contributed by atoms with van der Waals surface area (Å²) in [6.45, 7) is 1.72. The summed E-state index contributed by atoms with van der Waals surface area (Å²) in [5.41, 5.74) is 2.60. The zero-order valence-corrected chi connectivity index (χ0v) is 12.2. The highest BCUT2D eigenvalue weighted by atomic mass is 32.1. The van der Waals surface area contributed by atoms with Gasteiger partial charge in [0.15, 0.2) is 0 Å². The lowest BCUT2D eigenvalue weighted by molar-refractivity contribution is -0.385. The van der Waals surface area contributed by atoms with E-state index in [2.05, 4.69) is 13.7 Å². The molecule has 0 saturated carbocycles. The molecule has 8 heteroatoms. The van der Waals surface area contributed by atoms with Gasteiger partial charge in [0.1, 0.15) is 11.0 Å². The van der Waals surface area contributed by atoms with Gasteiger partial charge >= 0.3 is 5.69 Å². The van der Waals surface area contributed by atoms with Gasteiger partial charge in [-0.3, -0.25) is 15.1 Å². The van der Waals surface area contributed by atoms with Crippen LogP contribution in [0, 0.1) is 17.0 Å². The van der Waals surface area contributed by atoms with Gasteiger partial charge in [0, 0.05) is 17.8 Å². The number of rotatable bonds is 3. The summed E-state index contributed by atoms with van der Waals surface area (Å²) in [6.07, 6.45) is 1.39. The summed E-state index contributed by atoms with van der Waals surface area (Å²) in [6, 6.07) is 8.34. The van der Waals surface area contributed by atoms with Gasteiger partial charge in [-0.2, -0.15) is 8.75 Å². The van der Waals surface area contributed by atoms with E-state index < -0.39 is 10.7 Å². The molecule has 1 heterocycles. The first kappa shape index (κ1) is 14.1. The van der Waals surface area contributed by atoms with Crippen molar-refractivity contribution in [3.05, 3.63) is 51.6 Å². The predicted octanol–water partition coefficient (Wildman–Crippen LogP) is 3.36. The van der Waals surface area contributed by atoms with Crippen molar-refractivity contribution >= 4 is 40.4 Å². The molecule has 2 aromatic carbocycles. The number of hydrogen-bond donors (Lipinski definition) is 1. The molecule has 0 atom stereocenters. The molecule has 0 aliphatic heterocycles. The second-order valence-corrected chi connectivity index (χ2v) is 5.17. The Labute approximate surface area is 129 Å². The first-order valence-electron chi connectivity index (χ1n) is 6.29. The van der Waals surface area contributed by atoms with Gasteiger partial charge < -0.3 is 5.11 Å². The van der Waals surface area contributed by atoms with E-state index in [9.17, 15) is 15.2 Å². The molecule has 0 radical (unpaired) electrons. The SMILES string of the molecule is Cc1cc(C=Nc2cccc3nsnc23)c(O)c([N+](=O)[O-])c1. The highest BCUT2D eigenvalue weighted by Gasteiger charge is 2.17. The van der Waals surface area contributed by atoms with Crippen LogP contribution in [0.15, 0.2) is 35.3 Å². The summed E-state index contributed by atoms with van der Waals surface area (Å²) >= 11 is 1.09. The summed E-state index contributed by atoms with van der Waals surface area (Å²) in [5, 5.41) is 20.9. The molecule has 7 nitrogen and oxygen atoms in total. The van der Waals surface area contributed by atoms with Crippen LogP contribution >= 0.6 is 11.7 Å². The fraction of sp³-hybridized carbons (Fsp3) is 0.0714. The Morgan fingerprint density at radius 2 is 2.18 bits per heavy atom. The van der Waals surface area contributed by atoms with E-state index in [1.807, 2.05) is 6.07 Å². The Balaban J connectivity index is 2.06. The number of nitrogens with zero attached hydrogens (tertiary/aromatic N) is 4. The lowest BCUT2D eigenvalue weighted by atomic mass is 10.1. The monoisotopic (exact) mass is 314 g/mol. The van der Waals surface area contributed by atoms with Crippen LogP contribution < -0.4 is 0 Å². The van der Waals surface area contributed by atoms with E-state index in [1.165, 1.54) is 12.3 Å². The number of aryl methyl sites for hydroxylation is 1. The Hall–Kier alpha value is -2.87. The standard InChI is InChI=1S/C14H10N4O3S/c1-8-5-9(14(19)12(6-8)18(20)21)7-15-10-3-2-4-11-13(10)17-22-16-11/h2-7,19H,1H3. The fourth-order valence-corrected chi connectivity index (χ4v) is 2.60. The van der Waals surface area contributed by atoms with E-state index in [-0.39, 0.29) is 11.3 Å². The molecule has 0 fully saturated rings. The average molecular weight is 314 g/mol. The maximum Gasteiger partial charge on any atom is 0.311 e. The van der Waals surface area contributed by atoms with Gasteiger partial charge in [0.05, 0.1) is 22.3 Å². The summed E-state index contributed by atoms with van der Waals surface area (Å²) < 4.78 is 8.28. The molecule has 0 bridgehead atoms. The van der Waals surface area contributed by atoms with Crippen molar-refractivity contribution in [2.24, 2.45) is 4.99 Å². The number of hydrogen-bond acceptors (Lipinski definition) is 7. The van der Waals surface area contributed by atoms with Crippen molar-refractivity contribution in [2.45, 2.75) is 6.92 Å². The second-order valence-electron chi connectivity index (χ2n) is 4.65. The minimum absolute atomic E-state index is 0.284. The molecule has 0 unspecified atom stereocenters. The number of benzene rings is 2. The molecule has 0 aliphatic rings. The average Bonchev–Trinajstić information content (AvgIpc) is 2.96. The van der Waals surface area contributed by atoms with E-state index >= 15 is 0 Å². The van der Waals surface area contributed by atoms with Crippen LogP contribution in [-0.4, -0.2) is 25.0 Å². The molecule has 22 heavy (non-hydrogen) atoms. The lowest BCUT2D eigenvalue weighted by Gasteiger charge is -2.02. The van der Waals surface area contributed by atoms with Gasteiger partial charge in [0.2, 0.25) is 5.75 Å². The molecular formula is C14H10N4O3S. The van der Waals surface area contributed by atoms with Crippen LogP contribution in [0.5, 0.6) is 5.75 Å². The number of aliphatic imine (C=N–C) groups is 1. The Bertz CT molecular complexity index is 904. The number of aromatic nitrogens is 2.